The van der Waals surface area contributed by atoms with Crippen LogP contribution in [0, 0.1) is 29.6 Å². The van der Waals surface area contributed by atoms with Gasteiger partial charge in [-0.15, -0.1) is 0 Å². The van der Waals surface area contributed by atoms with Crippen LogP contribution < -0.4 is 5.73 Å². The molecule has 0 spiro atoms. The number of nitrogens with two attached hydrogens (primary N) is 1. The van der Waals surface area contributed by atoms with Crippen molar-refractivity contribution < 1.29 is 9.53 Å². The van der Waals surface area contributed by atoms with Crippen LogP contribution in [0.5, 0.6) is 0 Å². The van der Waals surface area contributed by atoms with Crippen LogP contribution >= 0.6 is 0 Å². The molecule has 4 saturated carbocycles. The zero-order valence-corrected chi connectivity index (χ0v) is 9.89. The summed E-state index contributed by atoms with van der Waals surface area (Å²) in [6.07, 6.45) is 6.67. The van der Waals surface area contributed by atoms with E-state index in [1.807, 2.05) is 0 Å². The Bertz CT molecular complexity index is 274. The second-order valence-corrected chi connectivity index (χ2v) is 6.06. The second kappa shape index (κ2) is 3.73. The third-order valence-corrected chi connectivity index (χ3v) is 5.19. The van der Waals surface area contributed by atoms with Gasteiger partial charge in [-0.25, -0.2) is 0 Å². The Kier molecular flexibility index (Phi) is 2.46. The summed E-state index contributed by atoms with van der Waals surface area (Å²) in [7, 11) is 1.44. The van der Waals surface area contributed by atoms with E-state index in [0.29, 0.717) is 17.8 Å². The maximum atomic E-state index is 11.6. The van der Waals surface area contributed by atoms with Crippen molar-refractivity contribution in [2.24, 2.45) is 35.3 Å². The predicted molar refractivity (Wildman–Crippen MR) is 60.5 cm³/mol. The van der Waals surface area contributed by atoms with Gasteiger partial charge in [0, 0.05) is 0 Å². The van der Waals surface area contributed by atoms with E-state index in [0.717, 1.165) is 11.8 Å². The van der Waals surface area contributed by atoms with Gasteiger partial charge in [-0.3, -0.25) is 4.79 Å². The molecule has 3 heteroatoms. The number of rotatable bonds is 2. The van der Waals surface area contributed by atoms with Crippen molar-refractivity contribution in [3.63, 3.8) is 0 Å². The molecule has 2 N–H and O–H groups in total. The Morgan fingerprint density at radius 1 is 1.12 bits per heavy atom. The Morgan fingerprint density at radius 2 is 1.62 bits per heavy atom. The molecular weight excluding hydrogens is 202 g/mol. The first kappa shape index (κ1) is 10.6. The average molecular weight is 223 g/mol. The molecule has 0 amide bonds. The number of carbonyl (C=O) groups is 1. The Balaban J connectivity index is 1.78. The molecule has 0 saturated heterocycles. The summed E-state index contributed by atoms with van der Waals surface area (Å²) in [5.74, 6) is 3.46. The minimum Gasteiger partial charge on any atom is -0.468 e. The Morgan fingerprint density at radius 3 is 2.06 bits per heavy atom. The van der Waals surface area contributed by atoms with Gasteiger partial charge in [0.2, 0.25) is 0 Å². The standard InChI is InChI=1S/C13H21NO2/c1-16-13(15)12(14)11-9-3-7-2-8(5-9)6-10(11)4-7/h7-12H,2-6,14H2,1H3. The molecule has 4 aliphatic carbocycles. The molecule has 1 unspecified atom stereocenters. The monoisotopic (exact) mass is 223 g/mol. The van der Waals surface area contributed by atoms with Crippen LogP contribution in [0.25, 0.3) is 0 Å². The summed E-state index contributed by atoms with van der Waals surface area (Å²) < 4.78 is 4.80. The van der Waals surface area contributed by atoms with Crippen molar-refractivity contribution in [2.75, 3.05) is 7.11 Å². The highest BCUT2D eigenvalue weighted by molar-refractivity contribution is 5.75. The molecule has 4 aliphatic rings. The molecule has 0 radical (unpaired) electrons. The van der Waals surface area contributed by atoms with E-state index in [1.165, 1.54) is 39.2 Å². The molecule has 0 aromatic rings. The summed E-state index contributed by atoms with van der Waals surface area (Å²) in [4.78, 5) is 11.6. The predicted octanol–water partition coefficient (Wildman–Crippen LogP) is 1.56. The number of hydrogen-bond acceptors (Lipinski definition) is 3. The average Bonchev–Trinajstić information content (AvgIpc) is 2.26. The number of hydrogen-bond donors (Lipinski definition) is 1. The second-order valence-electron chi connectivity index (χ2n) is 6.06. The van der Waals surface area contributed by atoms with Gasteiger partial charge in [0.15, 0.2) is 0 Å². The first-order valence-electron chi connectivity index (χ1n) is 6.52. The van der Waals surface area contributed by atoms with Crippen LogP contribution in [0.3, 0.4) is 0 Å². The van der Waals surface area contributed by atoms with E-state index in [9.17, 15) is 4.79 Å². The fourth-order valence-corrected chi connectivity index (χ4v) is 4.85. The van der Waals surface area contributed by atoms with Gasteiger partial charge in [0.25, 0.3) is 0 Å². The van der Waals surface area contributed by atoms with Crippen LogP contribution in [0.4, 0.5) is 0 Å². The lowest BCUT2D eigenvalue weighted by Gasteiger charge is -2.55. The zero-order chi connectivity index (χ0) is 11.3. The van der Waals surface area contributed by atoms with Gasteiger partial charge in [-0.1, -0.05) is 0 Å². The molecule has 90 valence electrons. The molecule has 1 atom stereocenters. The minimum atomic E-state index is -0.375. The molecular formula is C13H21NO2. The van der Waals surface area contributed by atoms with E-state index >= 15 is 0 Å². The van der Waals surface area contributed by atoms with E-state index in [4.69, 9.17) is 10.5 Å². The van der Waals surface area contributed by atoms with Crippen LogP contribution in [-0.4, -0.2) is 19.1 Å². The summed E-state index contributed by atoms with van der Waals surface area (Å²) in [5.41, 5.74) is 6.08. The molecule has 4 rings (SSSR count). The van der Waals surface area contributed by atoms with Gasteiger partial charge < -0.3 is 10.5 Å². The quantitative estimate of drug-likeness (QED) is 0.723. The van der Waals surface area contributed by atoms with Crippen molar-refractivity contribution in [1.29, 1.82) is 0 Å². The number of esters is 1. The number of carbonyl (C=O) groups excluding carboxylic acids is 1. The highest BCUT2D eigenvalue weighted by Gasteiger charge is 2.51. The summed E-state index contributed by atoms with van der Waals surface area (Å²) >= 11 is 0. The molecule has 3 nitrogen and oxygen atoms in total. The normalized spacial score (nSPS) is 46.8. The SMILES string of the molecule is COC(=O)C(N)C1C2CC3CC(C2)CC1C3. The summed E-state index contributed by atoms with van der Waals surface area (Å²) in [6.45, 7) is 0. The van der Waals surface area contributed by atoms with Gasteiger partial charge in [-0.05, 0) is 61.7 Å². The lowest BCUT2D eigenvalue weighted by Crippen LogP contribution is -2.54. The molecule has 4 bridgehead atoms. The maximum absolute atomic E-state index is 11.6. The van der Waals surface area contributed by atoms with E-state index in [1.54, 1.807) is 0 Å². The Labute approximate surface area is 96.7 Å². The van der Waals surface area contributed by atoms with Crippen molar-refractivity contribution >= 4 is 5.97 Å². The lowest BCUT2D eigenvalue weighted by atomic mass is 9.50. The fourth-order valence-electron chi connectivity index (χ4n) is 4.85. The van der Waals surface area contributed by atoms with Crippen LogP contribution in [-0.2, 0) is 9.53 Å². The molecule has 0 aromatic carbocycles. The van der Waals surface area contributed by atoms with Gasteiger partial charge >= 0.3 is 5.97 Å². The lowest BCUT2D eigenvalue weighted by molar-refractivity contribution is -0.148. The smallest absolute Gasteiger partial charge is 0.322 e. The van der Waals surface area contributed by atoms with Crippen LogP contribution in [0.1, 0.15) is 32.1 Å². The highest BCUT2D eigenvalue weighted by Crippen LogP contribution is 2.57. The van der Waals surface area contributed by atoms with E-state index in [2.05, 4.69) is 0 Å². The molecule has 0 aromatic heterocycles. The number of methoxy groups -OCH3 is 1. The fraction of sp³-hybridized carbons (Fsp3) is 0.923. The summed E-state index contributed by atoms with van der Waals surface area (Å²) in [5, 5.41) is 0. The minimum absolute atomic E-state index is 0.211. The van der Waals surface area contributed by atoms with Crippen molar-refractivity contribution in [3.05, 3.63) is 0 Å². The van der Waals surface area contributed by atoms with Gasteiger partial charge in [0.05, 0.1) is 7.11 Å². The highest BCUT2D eigenvalue weighted by atomic mass is 16.5. The van der Waals surface area contributed by atoms with Crippen molar-refractivity contribution in [3.8, 4) is 0 Å². The largest absolute Gasteiger partial charge is 0.468 e. The summed E-state index contributed by atoms with van der Waals surface area (Å²) in [6, 6.07) is -0.375. The first-order valence-corrected chi connectivity index (χ1v) is 6.52. The van der Waals surface area contributed by atoms with E-state index < -0.39 is 0 Å². The number of ether oxygens (including phenoxy) is 1. The van der Waals surface area contributed by atoms with Crippen molar-refractivity contribution in [1.82, 2.24) is 0 Å². The van der Waals surface area contributed by atoms with Gasteiger partial charge in [-0.2, -0.15) is 0 Å². The van der Waals surface area contributed by atoms with Crippen molar-refractivity contribution in [2.45, 2.75) is 38.1 Å². The van der Waals surface area contributed by atoms with Gasteiger partial charge in [0.1, 0.15) is 6.04 Å². The van der Waals surface area contributed by atoms with Crippen LogP contribution in [0.15, 0.2) is 0 Å². The molecule has 0 heterocycles. The van der Waals surface area contributed by atoms with Crippen LogP contribution in [0.2, 0.25) is 0 Å². The third kappa shape index (κ3) is 1.48. The molecule has 16 heavy (non-hydrogen) atoms. The topological polar surface area (TPSA) is 52.3 Å². The third-order valence-electron chi connectivity index (χ3n) is 5.19. The van der Waals surface area contributed by atoms with E-state index in [-0.39, 0.29) is 12.0 Å². The zero-order valence-electron chi connectivity index (χ0n) is 9.89. The maximum Gasteiger partial charge on any atom is 0.322 e. The molecule has 0 aliphatic heterocycles. The first-order chi connectivity index (χ1) is 7.69. The molecule has 4 fully saturated rings. The Hall–Kier alpha value is -0.570.